The van der Waals surface area contributed by atoms with Gasteiger partial charge < -0.3 is 5.11 Å². The van der Waals surface area contributed by atoms with E-state index in [1.54, 1.807) is 23.0 Å². The maximum absolute atomic E-state index is 14.2. The monoisotopic (exact) mass is 421 g/mol. The molecule has 5 rings (SSSR count). The summed E-state index contributed by atoms with van der Waals surface area (Å²) in [5.74, 6) is -1.65. The van der Waals surface area contributed by atoms with E-state index in [-0.39, 0.29) is 36.9 Å². The Morgan fingerprint density at radius 2 is 1.94 bits per heavy atom. The summed E-state index contributed by atoms with van der Waals surface area (Å²) in [6.07, 6.45) is 3.03. The second-order valence-corrected chi connectivity index (χ2v) is 7.37. The number of hydrogen-bond acceptors (Lipinski definition) is 6. The van der Waals surface area contributed by atoms with Gasteiger partial charge in [0.15, 0.2) is 5.78 Å². The average molecular weight is 421 g/mol. The molecule has 2 aromatic carbocycles. The minimum Gasteiger partial charge on any atom is -0.394 e. The molecule has 0 bridgehead atoms. The number of carbonyl (C=O) groups excluding carboxylic acids is 1. The van der Waals surface area contributed by atoms with Crippen molar-refractivity contribution < 1.29 is 18.7 Å². The summed E-state index contributed by atoms with van der Waals surface area (Å²) in [6.45, 7) is -0.0448. The van der Waals surface area contributed by atoms with Crippen LogP contribution in [0.2, 0.25) is 0 Å². The number of aliphatic hydroxyl groups excluding tert-OH is 1. The van der Waals surface area contributed by atoms with Crippen LogP contribution in [0.5, 0.6) is 0 Å². The first-order valence-electron chi connectivity index (χ1n) is 9.76. The minimum atomic E-state index is -0.555. The van der Waals surface area contributed by atoms with Gasteiger partial charge in [-0.15, -0.1) is 0 Å². The number of Topliss-reactive ketones (excluding diaryl/α,β-unsaturated/α-hetero) is 1. The van der Waals surface area contributed by atoms with E-state index < -0.39 is 17.7 Å². The Morgan fingerprint density at radius 3 is 2.71 bits per heavy atom. The summed E-state index contributed by atoms with van der Waals surface area (Å²) < 4.78 is 29.4. The molecular weight excluding hydrogens is 404 g/mol. The quantitative estimate of drug-likeness (QED) is 0.701. The van der Waals surface area contributed by atoms with Crippen LogP contribution in [-0.2, 0) is 6.54 Å². The molecule has 0 fully saturated rings. The lowest BCUT2D eigenvalue weighted by Crippen LogP contribution is -2.30. The van der Waals surface area contributed by atoms with Gasteiger partial charge in [0.1, 0.15) is 30.3 Å². The van der Waals surface area contributed by atoms with Crippen LogP contribution in [0.1, 0.15) is 39.1 Å². The molecule has 0 saturated carbocycles. The summed E-state index contributed by atoms with van der Waals surface area (Å²) in [5, 5.41) is 13.7. The van der Waals surface area contributed by atoms with Crippen molar-refractivity contribution in [2.45, 2.75) is 18.4 Å². The number of carbonyl (C=O) groups is 1. The predicted octanol–water partition coefficient (Wildman–Crippen LogP) is 2.82. The maximum Gasteiger partial charge on any atom is 0.185 e. The molecule has 2 aliphatic heterocycles. The van der Waals surface area contributed by atoms with Gasteiger partial charge in [-0.25, -0.2) is 18.4 Å². The number of hydrogen-bond donors (Lipinski definition) is 1. The molecule has 156 valence electrons. The molecule has 9 heteroatoms. The molecule has 2 atom stereocenters. The van der Waals surface area contributed by atoms with Crippen molar-refractivity contribution in [2.24, 2.45) is 9.98 Å². The molecular formula is C22H17F2N5O2. The van der Waals surface area contributed by atoms with E-state index in [1.807, 2.05) is 0 Å². The third-order valence-corrected chi connectivity index (χ3v) is 5.55. The molecule has 2 aliphatic rings. The van der Waals surface area contributed by atoms with E-state index in [1.165, 1.54) is 30.6 Å². The van der Waals surface area contributed by atoms with Gasteiger partial charge in [0, 0.05) is 29.3 Å². The molecule has 0 spiro atoms. The number of aliphatic hydroxyl groups is 1. The largest absolute Gasteiger partial charge is 0.394 e. The topological polar surface area (TPSA) is 92.7 Å². The summed E-state index contributed by atoms with van der Waals surface area (Å²) in [5.41, 5.74) is 2.31. The SMILES string of the molecule is O=C1CN=C2c3c(cc(F)cc31)N=CC(c1ccc(F)cc1)C2c1ncnn1CCO. The zero-order valence-corrected chi connectivity index (χ0v) is 16.2. The lowest BCUT2D eigenvalue weighted by Gasteiger charge is -2.27. The van der Waals surface area contributed by atoms with Crippen LogP contribution in [0.4, 0.5) is 14.5 Å². The average Bonchev–Trinajstić information content (AvgIpc) is 3.14. The van der Waals surface area contributed by atoms with Gasteiger partial charge in [0.2, 0.25) is 0 Å². The van der Waals surface area contributed by atoms with Gasteiger partial charge >= 0.3 is 0 Å². The standard InChI is InChI=1S/C22H17F2N5O2/c23-13-3-1-12(2-4-13)16-9-25-17-8-14(24)7-15-18(31)10-26-21(19(15)17)20(16)22-27-11-28-29(22)5-6-30/h1-4,7-9,11,16,20,30H,5-6,10H2. The molecule has 3 aromatic rings. The van der Waals surface area contributed by atoms with Crippen molar-refractivity contribution in [3.8, 4) is 0 Å². The van der Waals surface area contributed by atoms with E-state index >= 15 is 0 Å². The first kappa shape index (κ1) is 19.4. The Labute approximate surface area is 175 Å². The van der Waals surface area contributed by atoms with E-state index in [0.717, 1.165) is 5.56 Å². The minimum absolute atomic E-state index is 0.119. The first-order chi connectivity index (χ1) is 15.1. The van der Waals surface area contributed by atoms with Crippen molar-refractivity contribution in [2.75, 3.05) is 13.2 Å². The van der Waals surface area contributed by atoms with E-state index in [0.29, 0.717) is 22.8 Å². The van der Waals surface area contributed by atoms with Crippen molar-refractivity contribution >= 4 is 23.4 Å². The zero-order valence-electron chi connectivity index (χ0n) is 16.2. The molecule has 2 unspecified atom stereocenters. The van der Waals surface area contributed by atoms with E-state index in [4.69, 9.17) is 0 Å². The fourth-order valence-corrected chi connectivity index (χ4v) is 4.20. The summed E-state index contributed by atoms with van der Waals surface area (Å²) in [6, 6.07) is 8.49. The highest BCUT2D eigenvalue weighted by atomic mass is 19.1. The summed E-state index contributed by atoms with van der Waals surface area (Å²) >= 11 is 0. The highest BCUT2D eigenvalue weighted by molar-refractivity contribution is 6.21. The van der Waals surface area contributed by atoms with Gasteiger partial charge in [0.25, 0.3) is 0 Å². The van der Waals surface area contributed by atoms with Gasteiger partial charge in [-0.05, 0) is 23.8 Å². The van der Waals surface area contributed by atoms with Gasteiger partial charge in [-0.3, -0.25) is 14.8 Å². The molecule has 7 nitrogen and oxygen atoms in total. The molecule has 1 aromatic heterocycles. The lowest BCUT2D eigenvalue weighted by molar-refractivity contribution is 0.0999. The van der Waals surface area contributed by atoms with Crippen molar-refractivity contribution in [3.63, 3.8) is 0 Å². The molecule has 0 radical (unpaired) electrons. The fourth-order valence-electron chi connectivity index (χ4n) is 4.20. The number of aromatic nitrogens is 3. The van der Waals surface area contributed by atoms with Crippen LogP contribution in [0.15, 0.2) is 52.7 Å². The fraction of sp³-hybridized carbons (Fsp3) is 0.227. The van der Waals surface area contributed by atoms with Crippen molar-refractivity contribution in [1.82, 2.24) is 14.8 Å². The van der Waals surface area contributed by atoms with E-state index in [9.17, 15) is 18.7 Å². The van der Waals surface area contributed by atoms with Crippen LogP contribution in [0.3, 0.4) is 0 Å². The predicted molar refractivity (Wildman–Crippen MR) is 109 cm³/mol. The van der Waals surface area contributed by atoms with Crippen LogP contribution in [0.25, 0.3) is 0 Å². The second-order valence-electron chi connectivity index (χ2n) is 7.37. The number of ketones is 1. The summed E-state index contributed by atoms with van der Waals surface area (Å²) in [7, 11) is 0. The van der Waals surface area contributed by atoms with Gasteiger partial charge in [-0.1, -0.05) is 12.1 Å². The zero-order chi connectivity index (χ0) is 21.5. The highest BCUT2D eigenvalue weighted by Crippen LogP contribution is 2.42. The van der Waals surface area contributed by atoms with Crippen LogP contribution >= 0.6 is 0 Å². The third-order valence-electron chi connectivity index (χ3n) is 5.55. The summed E-state index contributed by atoms with van der Waals surface area (Å²) in [4.78, 5) is 26.0. The molecule has 1 N–H and O–H groups in total. The molecule has 0 amide bonds. The lowest BCUT2D eigenvalue weighted by atomic mass is 9.79. The Hall–Kier alpha value is -3.59. The third kappa shape index (κ3) is 3.27. The molecule has 3 heterocycles. The van der Waals surface area contributed by atoms with Crippen molar-refractivity contribution in [3.05, 3.63) is 76.9 Å². The Kier molecular flexibility index (Phi) is 4.74. The van der Waals surface area contributed by atoms with Crippen LogP contribution in [-0.4, -0.2) is 50.7 Å². The Balaban J connectivity index is 1.77. The number of aliphatic imine (C=N–C) groups is 2. The smallest absolute Gasteiger partial charge is 0.185 e. The number of benzene rings is 2. The molecule has 0 saturated heterocycles. The van der Waals surface area contributed by atoms with Gasteiger partial charge in [0.05, 0.1) is 30.5 Å². The molecule has 31 heavy (non-hydrogen) atoms. The number of halogens is 2. The Morgan fingerprint density at radius 1 is 1.13 bits per heavy atom. The van der Waals surface area contributed by atoms with Gasteiger partial charge in [-0.2, -0.15) is 5.10 Å². The van der Waals surface area contributed by atoms with Crippen LogP contribution < -0.4 is 0 Å². The Bertz CT molecular complexity index is 1230. The first-order valence-corrected chi connectivity index (χ1v) is 9.76. The molecule has 0 aliphatic carbocycles. The normalized spacial score (nSPS) is 19.7. The maximum atomic E-state index is 14.2. The number of rotatable bonds is 4. The number of nitrogens with zero attached hydrogens (tertiary/aromatic N) is 5. The second kappa shape index (κ2) is 7.59. The van der Waals surface area contributed by atoms with E-state index in [2.05, 4.69) is 20.1 Å². The van der Waals surface area contributed by atoms with Crippen molar-refractivity contribution in [1.29, 1.82) is 0 Å². The van der Waals surface area contributed by atoms with Crippen LogP contribution in [0, 0.1) is 11.6 Å². The highest BCUT2D eigenvalue weighted by Gasteiger charge is 2.39.